The van der Waals surface area contributed by atoms with Gasteiger partial charge in [-0.15, -0.1) is 24.8 Å². The van der Waals surface area contributed by atoms with E-state index in [0.29, 0.717) is 16.6 Å². The molecule has 0 saturated carbocycles. The largest absolute Gasteiger partial charge is 0.322 e. The zero-order valence-corrected chi connectivity index (χ0v) is 17.3. The summed E-state index contributed by atoms with van der Waals surface area (Å²) in [4.78, 5) is 7.34. The second-order valence-corrected chi connectivity index (χ2v) is 7.08. The van der Waals surface area contributed by atoms with Crippen LogP contribution in [0.4, 0.5) is 0 Å². The van der Waals surface area contributed by atoms with Crippen molar-refractivity contribution in [1.82, 2.24) is 14.5 Å². The fourth-order valence-corrected chi connectivity index (χ4v) is 3.78. The minimum atomic E-state index is 0. The van der Waals surface area contributed by atoms with Crippen LogP contribution in [0.5, 0.6) is 0 Å². The van der Waals surface area contributed by atoms with Crippen molar-refractivity contribution in [1.29, 1.82) is 0 Å². The molecule has 0 spiro atoms. The summed E-state index contributed by atoms with van der Waals surface area (Å²) in [7, 11) is 0. The molecule has 3 aromatic rings. The zero-order valence-electron chi connectivity index (χ0n) is 14.2. The Bertz CT molecular complexity index is 872. The number of benzene rings is 2. The molecular formula is C19H21Cl4N3. The lowest BCUT2D eigenvalue weighted by Crippen LogP contribution is -2.21. The average molecular weight is 433 g/mol. The Hall–Kier alpha value is -0.970. The van der Waals surface area contributed by atoms with Crippen molar-refractivity contribution in [3.05, 3.63) is 63.9 Å². The van der Waals surface area contributed by atoms with Crippen LogP contribution in [0.1, 0.15) is 24.2 Å². The van der Waals surface area contributed by atoms with Crippen LogP contribution in [-0.2, 0) is 13.1 Å². The van der Waals surface area contributed by atoms with Gasteiger partial charge in [0, 0.05) is 0 Å². The van der Waals surface area contributed by atoms with Gasteiger partial charge >= 0.3 is 0 Å². The van der Waals surface area contributed by atoms with Crippen LogP contribution >= 0.6 is 48.0 Å². The molecule has 0 aliphatic carbocycles. The number of likely N-dealkylation sites (tertiary alicyclic amines) is 1. The van der Waals surface area contributed by atoms with E-state index in [2.05, 4.69) is 27.7 Å². The molecule has 1 saturated heterocycles. The fourth-order valence-electron chi connectivity index (χ4n) is 3.40. The first-order valence-electron chi connectivity index (χ1n) is 8.32. The third-order valence-corrected chi connectivity index (χ3v) is 5.52. The third kappa shape index (κ3) is 4.29. The highest BCUT2D eigenvalue weighted by atomic mass is 35.5. The number of nitrogens with zero attached hydrogens (tertiary/aromatic N) is 3. The normalized spacial score (nSPS) is 14.2. The molecule has 2 aromatic carbocycles. The highest BCUT2D eigenvalue weighted by Crippen LogP contribution is 2.28. The van der Waals surface area contributed by atoms with Crippen LogP contribution < -0.4 is 0 Å². The molecule has 0 amide bonds. The van der Waals surface area contributed by atoms with E-state index >= 15 is 0 Å². The van der Waals surface area contributed by atoms with Gasteiger partial charge in [-0.25, -0.2) is 4.98 Å². The second-order valence-electron chi connectivity index (χ2n) is 6.30. The van der Waals surface area contributed by atoms with E-state index in [1.54, 1.807) is 0 Å². The molecule has 0 bridgehead atoms. The zero-order chi connectivity index (χ0) is 16.5. The summed E-state index contributed by atoms with van der Waals surface area (Å²) in [6, 6.07) is 14.1. The molecule has 0 atom stereocenters. The summed E-state index contributed by atoms with van der Waals surface area (Å²) in [5.41, 5.74) is 3.20. The Morgan fingerprint density at radius 1 is 0.885 bits per heavy atom. The van der Waals surface area contributed by atoms with Crippen molar-refractivity contribution in [3.63, 3.8) is 0 Å². The van der Waals surface area contributed by atoms with E-state index in [4.69, 9.17) is 28.2 Å². The monoisotopic (exact) mass is 431 g/mol. The molecule has 140 valence electrons. The lowest BCUT2D eigenvalue weighted by molar-refractivity contribution is 0.318. The number of imidazole rings is 1. The first kappa shape index (κ1) is 21.3. The van der Waals surface area contributed by atoms with Gasteiger partial charge in [-0.2, -0.15) is 0 Å². The summed E-state index contributed by atoms with van der Waals surface area (Å²) in [5, 5.41) is 1.23. The Labute approximate surface area is 176 Å². The number of rotatable bonds is 4. The van der Waals surface area contributed by atoms with Crippen LogP contribution in [-0.4, -0.2) is 27.5 Å². The molecule has 7 heteroatoms. The van der Waals surface area contributed by atoms with Gasteiger partial charge < -0.3 is 4.57 Å². The fraction of sp³-hybridized carbons (Fsp3) is 0.316. The number of fused-ring (bicyclic) bond motifs is 1. The molecule has 1 fully saturated rings. The maximum atomic E-state index is 6.41. The predicted octanol–water partition coefficient (Wildman–Crippen LogP) is 5.83. The molecule has 4 rings (SSSR count). The van der Waals surface area contributed by atoms with Gasteiger partial charge in [0.05, 0.1) is 34.2 Å². The summed E-state index contributed by atoms with van der Waals surface area (Å²) < 4.78 is 2.27. The topological polar surface area (TPSA) is 21.1 Å². The SMILES string of the molecule is Cl.Cl.Clc1cccc(Cn2c(CN3CCCC3)nc3ccccc32)c1Cl. The smallest absolute Gasteiger partial charge is 0.124 e. The maximum Gasteiger partial charge on any atom is 0.124 e. The van der Waals surface area contributed by atoms with Crippen LogP contribution in [0.3, 0.4) is 0 Å². The van der Waals surface area contributed by atoms with Gasteiger partial charge in [0.15, 0.2) is 0 Å². The minimum Gasteiger partial charge on any atom is -0.322 e. The number of halogens is 4. The van der Waals surface area contributed by atoms with E-state index in [9.17, 15) is 0 Å². The van der Waals surface area contributed by atoms with Crippen LogP contribution in [0.15, 0.2) is 42.5 Å². The molecule has 0 N–H and O–H groups in total. The third-order valence-electron chi connectivity index (χ3n) is 4.66. The first-order valence-corrected chi connectivity index (χ1v) is 9.07. The molecule has 2 heterocycles. The quantitative estimate of drug-likeness (QED) is 0.516. The van der Waals surface area contributed by atoms with Crippen LogP contribution in [0, 0.1) is 0 Å². The summed E-state index contributed by atoms with van der Waals surface area (Å²) in [6.45, 7) is 3.87. The van der Waals surface area contributed by atoms with Crippen molar-refractivity contribution >= 4 is 59.0 Å². The van der Waals surface area contributed by atoms with Gasteiger partial charge in [0.2, 0.25) is 0 Å². The predicted molar refractivity (Wildman–Crippen MR) is 114 cm³/mol. The number of aromatic nitrogens is 2. The Morgan fingerprint density at radius 3 is 2.38 bits per heavy atom. The lowest BCUT2D eigenvalue weighted by atomic mass is 10.2. The Balaban J connectivity index is 0.00000121. The van der Waals surface area contributed by atoms with Crippen molar-refractivity contribution in [3.8, 4) is 0 Å². The minimum absolute atomic E-state index is 0. The molecular weight excluding hydrogens is 412 g/mol. The molecule has 0 radical (unpaired) electrons. The Morgan fingerprint density at radius 2 is 1.62 bits per heavy atom. The summed E-state index contributed by atoms with van der Waals surface area (Å²) >= 11 is 12.6. The van der Waals surface area contributed by atoms with Crippen molar-refractivity contribution in [2.45, 2.75) is 25.9 Å². The highest BCUT2D eigenvalue weighted by molar-refractivity contribution is 6.42. The van der Waals surface area contributed by atoms with Gasteiger partial charge in [0.25, 0.3) is 0 Å². The molecule has 3 nitrogen and oxygen atoms in total. The van der Waals surface area contributed by atoms with Gasteiger partial charge in [-0.05, 0) is 49.7 Å². The number of hydrogen-bond donors (Lipinski definition) is 0. The van der Waals surface area contributed by atoms with E-state index < -0.39 is 0 Å². The van der Waals surface area contributed by atoms with E-state index in [1.165, 1.54) is 12.8 Å². The first-order chi connectivity index (χ1) is 11.7. The molecule has 1 aliphatic rings. The maximum absolute atomic E-state index is 6.41. The molecule has 0 unspecified atom stereocenters. The molecule has 26 heavy (non-hydrogen) atoms. The summed E-state index contributed by atoms with van der Waals surface area (Å²) in [5.74, 6) is 1.09. The van der Waals surface area contributed by atoms with E-state index in [1.807, 2.05) is 24.3 Å². The lowest BCUT2D eigenvalue weighted by Gasteiger charge is -2.16. The van der Waals surface area contributed by atoms with Crippen molar-refractivity contribution < 1.29 is 0 Å². The highest BCUT2D eigenvalue weighted by Gasteiger charge is 2.18. The second kappa shape index (κ2) is 9.29. The molecule has 1 aromatic heterocycles. The van der Waals surface area contributed by atoms with Crippen LogP contribution in [0.2, 0.25) is 10.0 Å². The summed E-state index contributed by atoms with van der Waals surface area (Å²) in [6.07, 6.45) is 2.56. The number of para-hydroxylation sites is 2. The Kier molecular flexibility index (Phi) is 7.63. The van der Waals surface area contributed by atoms with Crippen molar-refractivity contribution in [2.75, 3.05) is 13.1 Å². The van der Waals surface area contributed by atoms with Gasteiger partial charge in [-0.1, -0.05) is 47.5 Å². The van der Waals surface area contributed by atoms with Crippen molar-refractivity contribution in [2.24, 2.45) is 0 Å². The van der Waals surface area contributed by atoms with Gasteiger partial charge in [-0.3, -0.25) is 4.90 Å². The van der Waals surface area contributed by atoms with E-state index in [0.717, 1.165) is 42.1 Å². The van der Waals surface area contributed by atoms with E-state index in [-0.39, 0.29) is 24.8 Å². The van der Waals surface area contributed by atoms with Crippen LogP contribution in [0.25, 0.3) is 11.0 Å². The average Bonchev–Trinajstić information content (AvgIpc) is 3.21. The number of hydrogen-bond acceptors (Lipinski definition) is 2. The van der Waals surface area contributed by atoms with Gasteiger partial charge in [0.1, 0.15) is 5.82 Å². The molecule has 1 aliphatic heterocycles. The standard InChI is InChI=1S/C19H19Cl2N3.2ClH/c20-15-7-5-6-14(19(15)21)12-24-17-9-2-1-8-16(17)22-18(24)13-23-10-3-4-11-23;;/h1-2,5-9H,3-4,10-13H2;2*1H.